The average Bonchev–Trinajstić information content (AvgIpc) is 1.79. The van der Waals surface area contributed by atoms with Gasteiger partial charge in [0.1, 0.15) is 6.61 Å². The summed E-state index contributed by atoms with van der Waals surface area (Å²) in [5, 5.41) is 0. The van der Waals surface area contributed by atoms with E-state index in [1.54, 1.807) is 0 Å². The Bertz CT molecular complexity index is 118. The topological polar surface area (TPSA) is 52.6 Å². The highest BCUT2D eigenvalue weighted by molar-refractivity contribution is 7.38. The lowest BCUT2D eigenvalue weighted by molar-refractivity contribution is -0.141. The third-order valence-electron chi connectivity index (χ3n) is 0.694. The van der Waals surface area contributed by atoms with Crippen molar-refractivity contribution < 1.29 is 18.6 Å². The minimum atomic E-state index is -1.87. The van der Waals surface area contributed by atoms with E-state index < -0.39 is 8.03 Å². The first-order valence-corrected chi connectivity index (χ1v) is 4.71. The van der Waals surface area contributed by atoms with Crippen LogP contribution in [0.3, 0.4) is 0 Å². The highest BCUT2D eigenvalue weighted by Crippen LogP contribution is 2.13. The van der Waals surface area contributed by atoms with Crippen molar-refractivity contribution in [1.82, 2.24) is 0 Å². The smallest absolute Gasteiger partial charge is 0.302 e. The largest absolute Gasteiger partial charge is 0.463 e. The maximum Gasteiger partial charge on any atom is 0.302 e. The van der Waals surface area contributed by atoms with Crippen LogP contribution in [0.4, 0.5) is 0 Å². The lowest BCUT2D eigenvalue weighted by Gasteiger charge is -2.00. The number of ether oxygens (including phenoxy) is 1. The fraction of sp³-hybridized carbons (Fsp3) is 0.800. The van der Waals surface area contributed by atoms with Gasteiger partial charge in [-0.2, -0.15) is 0 Å². The van der Waals surface area contributed by atoms with Gasteiger partial charge in [0, 0.05) is 13.6 Å². The van der Waals surface area contributed by atoms with Crippen molar-refractivity contribution in [3.63, 3.8) is 0 Å². The van der Waals surface area contributed by atoms with Crippen molar-refractivity contribution in [1.29, 1.82) is 0 Å². The van der Waals surface area contributed by atoms with E-state index in [1.807, 2.05) is 0 Å². The number of hydrogen-bond acceptors (Lipinski definition) is 4. The van der Waals surface area contributed by atoms with Gasteiger partial charge in [-0.05, 0) is 0 Å². The lowest BCUT2D eigenvalue weighted by atomic mass is 10.7. The Morgan fingerprint density at radius 1 is 1.50 bits per heavy atom. The summed E-state index contributed by atoms with van der Waals surface area (Å²) in [5.74, 6) is -0.348. The standard InChI is InChI=1S/C5H11O4P/c1-5(6)8-3-4-9-10(2)7/h10H,3-4H2,1-2H3. The van der Waals surface area contributed by atoms with E-state index in [4.69, 9.17) is 0 Å². The molecule has 0 saturated heterocycles. The molecule has 10 heavy (non-hydrogen) atoms. The molecule has 0 spiro atoms. The molecule has 5 heteroatoms. The molecule has 0 rings (SSSR count). The maximum atomic E-state index is 10.3. The second kappa shape index (κ2) is 5.45. The van der Waals surface area contributed by atoms with E-state index in [0.717, 1.165) is 0 Å². The normalized spacial score (nSPS) is 12.6. The molecule has 0 aromatic carbocycles. The molecule has 0 aliphatic heterocycles. The molecule has 0 aliphatic carbocycles. The molecule has 1 unspecified atom stereocenters. The molecule has 4 nitrogen and oxygen atoms in total. The Morgan fingerprint density at radius 2 is 2.10 bits per heavy atom. The quantitative estimate of drug-likeness (QED) is 0.350. The van der Waals surface area contributed by atoms with Crippen molar-refractivity contribution in [3.8, 4) is 0 Å². The van der Waals surface area contributed by atoms with Crippen LogP contribution in [0.25, 0.3) is 0 Å². The summed E-state index contributed by atoms with van der Waals surface area (Å²) in [6.07, 6.45) is 0. The summed E-state index contributed by atoms with van der Waals surface area (Å²) in [6, 6.07) is 0. The van der Waals surface area contributed by atoms with Crippen molar-refractivity contribution in [2.75, 3.05) is 19.9 Å². The van der Waals surface area contributed by atoms with Gasteiger partial charge in [-0.1, -0.05) is 0 Å². The van der Waals surface area contributed by atoms with Crippen LogP contribution in [0.15, 0.2) is 0 Å². The number of rotatable bonds is 4. The second-order valence-electron chi connectivity index (χ2n) is 1.68. The second-order valence-corrected chi connectivity index (χ2v) is 2.95. The van der Waals surface area contributed by atoms with Crippen LogP contribution in [0.1, 0.15) is 6.92 Å². The molecule has 1 atom stereocenters. The molecule has 0 saturated carbocycles. The molecular weight excluding hydrogens is 155 g/mol. The van der Waals surface area contributed by atoms with Crippen molar-refractivity contribution in [2.24, 2.45) is 0 Å². The van der Waals surface area contributed by atoms with Gasteiger partial charge < -0.3 is 9.26 Å². The molecule has 0 amide bonds. The maximum absolute atomic E-state index is 10.3. The van der Waals surface area contributed by atoms with Gasteiger partial charge in [0.2, 0.25) is 0 Å². The highest BCUT2D eigenvalue weighted by atomic mass is 31.1. The average molecular weight is 166 g/mol. The van der Waals surface area contributed by atoms with Crippen LogP contribution in [0, 0.1) is 0 Å². The molecule has 0 aromatic rings. The van der Waals surface area contributed by atoms with E-state index in [0.29, 0.717) is 0 Å². The van der Waals surface area contributed by atoms with Crippen LogP contribution >= 0.6 is 8.03 Å². The minimum Gasteiger partial charge on any atom is -0.463 e. The van der Waals surface area contributed by atoms with Crippen LogP contribution in [-0.2, 0) is 18.6 Å². The van der Waals surface area contributed by atoms with E-state index in [1.165, 1.54) is 13.6 Å². The fourth-order valence-electron chi connectivity index (χ4n) is 0.371. The number of carbonyl (C=O) groups is 1. The molecular formula is C5H11O4P. The minimum absolute atomic E-state index is 0.180. The van der Waals surface area contributed by atoms with Gasteiger partial charge in [0.05, 0.1) is 6.61 Å². The molecule has 0 aliphatic rings. The number of hydrogen-bond donors (Lipinski definition) is 0. The van der Waals surface area contributed by atoms with Crippen molar-refractivity contribution in [2.45, 2.75) is 6.92 Å². The van der Waals surface area contributed by atoms with Crippen LogP contribution in [-0.4, -0.2) is 25.8 Å². The predicted molar refractivity (Wildman–Crippen MR) is 37.5 cm³/mol. The Morgan fingerprint density at radius 3 is 2.50 bits per heavy atom. The summed E-state index contributed by atoms with van der Waals surface area (Å²) in [4.78, 5) is 10.1. The molecule has 0 aromatic heterocycles. The SMILES string of the molecule is CC(=O)OCCO[PH](C)=O. The lowest BCUT2D eigenvalue weighted by Crippen LogP contribution is -2.04. The first kappa shape index (κ1) is 9.66. The molecule has 0 fully saturated rings. The molecule has 0 heterocycles. The highest BCUT2D eigenvalue weighted by Gasteiger charge is 1.93. The fourth-order valence-corrected chi connectivity index (χ4v) is 0.742. The first-order valence-electron chi connectivity index (χ1n) is 2.89. The molecule has 60 valence electrons. The van der Waals surface area contributed by atoms with Crippen LogP contribution < -0.4 is 0 Å². The summed E-state index contributed by atoms with van der Waals surface area (Å²) in [7, 11) is -1.87. The van der Waals surface area contributed by atoms with E-state index in [-0.39, 0.29) is 19.2 Å². The molecule has 0 radical (unpaired) electrons. The first-order chi connectivity index (χ1) is 4.63. The predicted octanol–water partition coefficient (Wildman–Crippen LogP) is 0.671. The molecule has 0 N–H and O–H groups in total. The third kappa shape index (κ3) is 7.66. The Labute approximate surface area is 60.4 Å². The van der Waals surface area contributed by atoms with Gasteiger partial charge in [-0.3, -0.25) is 9.36 Å². The number of carbonyl (C=O) groups excluding carboxylic acids is 1. The zero-order valence-corrected chi connectivity index (χ0v) is 7.05. The van der Waals surface area contributed by atoms with Gasteiger partial charge in [0.15, 0.2) is 8.03 Å². The molecule has 0 bridgehead atoms. The van der Waals surface area contributed by atoms with Gasteiger partial charge in [0.25, 0.3) is 0 Å². The Balaban J connectivity index is 3.06. The van der Waals surface area contributed by atoms with Crippen LogP contribution in [0.2, 0.25) is 0 Å². The third-order valence-corrected chi connectivity index (χ3v) is 1.30. The summed E-state index contributed by atoms with van der Waals surface area (Å²) in [6.45, 7) is 3.20. The Hall–Kier alpha value is -0.340. The zero-order chi connectivity index (χ0) is 7.98. The monoisotopic (exact) mass is 166 g/mol. The zero-order valence-electron chi connectivity index (χ0n) is 6.05. The van der Waals surface area contributed by atoms with Crippen LogP contribution in [0.5, 0.6) is 0 Å². The van der Waals surface area contributed by atoms with Crippen molar-refractivity contribution >= 4 is 14.0 Å². The van der Waals surface area contributed by atoms with E-state index in [2.05, 4.69) is 9.26 Å². The number of esters is 1. The van der Waals surface area contributed by atoms with Gasteiger partial charge in [-0.15, -0.1) is 0 Å². The van der Waals surface area contributed by atoms with E-state index in [9.17, 15) is 9.36 Å². The van der Waals surface area contributed by atoms with Gasteiger partial charge >= 0.3 is 5.97 Å². The summed E-state index contributed by atoms with van der Waals surface area (Å²) in [5.41, 5.74) is 0. The Kier molecular flexibility index (Phi) is 5.26. The summed E-state index contributed by atoms with van der Waals surface area (Å²) >= 11 is 0. The summed E-state index contributed by atoms with van der Waals surface area (Å²) < 4.78 is 19.5. The van der Waals surface area contributed by atoms with Gasteiger partial charge in [-0.25, -0.2) is 0 Å². The van der Waals surface area contributed by atoms with E-state index >= 15 is 0 Å². The van der Waals surface area contributed by atoms with Crippen molar-refractivity contribution in [3.05, 3.63) is 0 Å².